The van der Waals surface area contributed by atoms with E-state index in [1.165, 1.54) is 12.8 Å². The Bertz CT molecular complexity index is 699. The van der Waals surface area contributed by atoms with Crippen molar-refractivity contribution >= 4 is 5.91 Å². The SMILES string of the molecule is O=C(NCC1CCCNC1)c1cnn(-c2ccccc2)c1C1CC1. The second-order valence-electron chi connectivity index (χ2n) is 6.89. The minimum absolute atomic E-state index is 0.0182. The predicted molar refractivity (Wildman–Crippen MR) is 93.5 cm³/mol. The monoisotopic (exact) mass is 324 g/mol. The van der Waals surface area contributed by atoms with Crippen LogP contribution in [0.1, 0.15) is 47.7 Å². The summed E-state index contributed by atoms with van der Waals surface area (Å²) >= 11 is 0. The van der Waals surface area contributed by atoms with Gasteiger partial charge in [0, 0.05) is 12.5 Å². The molecule has 0 radical (unpaired) electrons. The normalized spacial score (nSPS) is 20.8. The van der Waals surface area contributed by atoms with Crippen LogP contribution in [0.2, 0.25) is 0 Å². The third kappa shape index (κ3) is 3.22. The summed E-state index contributed by atoms with van der Waals surface area (Å²) in [5, 5.41) is 11.0. The Morgan fingerprint density at radius 1 is 1.25 bits per heavy atom. The first kappa shape index (κ1) is 15.4. The van der Waals surface area contributed by atoms with E-state index in [2.05, 4.69) is 15.7 Å². The third-order valence-electron chi connectivity index (χ3n) is 4.97. The molecule has 1 saturated heterocycles. The fourth-order valence-electron chi connectivity index (χ4n) is 3.49. The van der Waals surface area contributed by atoms with Gasteiger partial charge in [0.25, 0.3) is 5.91 Å². The first-order chi connectivity index (χ1) is 11.8. The van der Waals surface area contributed by atoms with Crippen LogP contribution in [0.5, 0.6) is 0 Å². The average Bonchev–Trinajstić information content (AvgIpc) is 3.39. The number of hydrogen-bond acceptors (Lipinski definition) is 3. The lowest BCUT2D eigenvalue weighted by Gasteiger charge is -2.22. The van der Waals surface area contributed by atoms with Crippen molar-refractivity contribution in [1.29, 1.82) is 0 Å². The van der Waals surface area contributed by atoms with E-state index in [0.29, 0.717) is 11.8 Å². The number of aromatic nitrogens is 2. The van der Waals surface area contributed by atoms with Gasteiger partial charge in [-0.3, -0.25) is 4.79 Å². The van der Waals surface area contributed by atoms with E-state index < -0.39 is 0 Å². The molecule has 2 N–H and O–H groups in total. The maximum Gasteiger partial charge on any atom is 0.254 e. The van der Waals surface area contributed by atoms with Crippen molar-refractivity contribution in [2.24, 2.45) is 5.92 Å². The highest BCUT2D eigenvalue weighted by molar-refractivity contribution is 5.95. The fourth-order valence-corrected chi connectivity index (χ4v) is 3.49. The maximum atomic E-state index is 12.7. The van der Waals surface area contributed by atoms with Gasteiger partial charge in [-0.2, -0.15) is 5.10 Å². The molecular weight excluding hydrogens is 300 g/mol. The molecule has 5 heteroatoms. The Kier molecular flexibility index (Phi) is 4.34. The van der Waals surface area contributed by atoms with Gasteiger partial charge in [-0.1, -0.05) is 18.2 Å². The summed E-state index contributed by atoms with van der Waals surface area (Å²) in [6, 6.07) is 10.1. The standard InChI is InChI=1S/C19H24N4O/c24-19(21-12-14-5-4-10-20-11-14)17-13-22-23(18(17)15-8-9-15)16-6-2-1-3-7-16/h1-3,6-7,13-15,20H,4-5,8-12H2,(H,21,24). The topological polar surface area (TPSA) is 59.0 Å². The minimum atomic E-state index is 0.0182. The number of amides is 1. The van der Waals surface area contributed by atoms with Crippen molar-refractivity contribution in [3.8, 4) is 5.69 Å². The van der Waals surface area contributed by atoms with Crippen molar-refractivity contribution in [3.05, 3.63) is 47.8 Å². The quantitative estimate of drug-likeness (QED) is 0.888. The van der Waals surface area contributed by atoms with Gasteiger partial charge >= 0.3 is 0 Å². The Balaban J connectivity index is 1.52. The summed E-state index contributed by atoms with van der Waals surface area (Å²) < 4.78 is 1.94. The molecule has 126 valence electrons. The van der Waals surface area contributed by atoms with Gasteiger partial charge in [-0.05, 0) is 56.8 Å². The molecule has 2 fully saturated rings. The highest BCUT2D eigenvalue weighted by Crippen LogP contribution is 2.42. The van der Waals surface area contributed by atoms with Crippen LogP contribution in [0, 0.1) is 5.92 Å². The van der Waals surface area contributed by atoms with Crippen LogP contribution in [0.3, 0.4) is 0 Å². The van der Waals surface area contributed by atoms with Crippen molar-refractivity contribution in [3.63, 3.8) is 0 Å². The predicted octanol–water partition coefficient (Wildman–Crippen LogP) is 2.48. The van der Waals surface area contributed by atoms with Crippen LogP contribution >= 0.6 is 0 Å². The van der Waals surface area contributed by atoms with Gasteiger partial charge in [-0.15, -0.1) is 0 Å². The molecule has 1 atom stereocenters. The summed E-state index contributed by atoms with van der Waals surface area (Å²) in [6.07, 6.45) is 6.40. The molecule has 4 rings (SSSR count). The molecule has 2 aromatic rings. The summed E-state index contributed by atoms with van der Waals surface area (Å²) in [5.41, 5.74) is 2.83. The van der Waals surface area contributed by atoms with Crippen LogP contribution < -0.4 is 10.6 Å². The van der Waals surface area contributed by atoms with Crippen molar-refractivity contribution < 1.29 is 4.79 Å². The average molecular weight is 324 g/mol. The lowest BCUT2D eigenvalue weighted by atomic mass is 9.99. The van der Waals surface area contributed by atoms with E-state index >= 15 is 0 Å². The molecule has 5 nitrogen and oxygen atoms in total. The molecule has 24 heavy (non-hydrogen) atoms. The van der Waals surface area contributed by atoms with Crippen molar-refractivity contribution in [2.75, 3.05) is 19.6 Å². The molecule has 2 heterocycles. The summed E-state index contributed by atoms with van der Waals surface area (Å²) in [6.45, 7) is 2.84. The third-order valence-corrected chi connectivity index (χ3v) is 4.97. The first-order valence-corrected chi connectivity index (χ1v) is 8.95. The van der Waals surface area contributed by atoms with Crippen molar-refractivity contribution in [1.82, 2.24) is 20.4 Å². The molecule has 2 aliphatic rings. The summed E-state index contributed by atoms with van der Waals surface area (Å²) in [5.74, 6) is 1.02. The van der Waals surface area contributed by atoms with Crippen LogP contribution in [-0.2, 0) is 0 Å². The van der Waals surface area contributed by atoms with Crippen molar-refractivity contribution in [2.45, 2.75) is 31.6 Å². The molecule has 1 aliphatic carbocycles. The molecule has 1 aromatic heterocycles. The number of carbonyl (C=O) groups is 1. The Hall–Kier alpha value is -2.14. The van der Waals surface area contributed by atoms with E-state index in [0.717, 1.165) is 49.4 Å². The van der Waals surface area contributed by atoms with E-state index in [4.69, 9.17) is 0 Å². The van der Waals surface area contributed by atoms with Gasteiger partial charge < -0.3 is 10.6 Å². The molecule has 1 unspecified atom stereocenters. The molecular formula is C19H24N4O. The van der Waals surface area contributed by atoms with E-state index in [-0.39, 0.29) is 5.91 Å². The number of carbonyl (C=O) groups excluding carboxylic acids is 1. The molecule has 1 aromatic carbocycles. The fraction of sp³-hybridized carbons (Fsp3) is 0.474. The highest BCUT2D eigenvalue weighted by Gasteiger charge is 2.33. The number of nitrogens with one attached hydrogen (secondary N) is 2. The number of hydrogen-bond donors (Lipinski definition) is 2. The summed E-state index contributed by atoms with van der Waals surface area (Å²) in [4.78, 5) is 12.7. The van der Waals surface area contributed by atoms with Crippen LogP contribution in [-0.4, -0.2) is 35.3 Å². The second kappa shape index (κ2) is 6.77. The molecule has 0 bridgehead atoms. The van der Waals surface area contributed by atoms with E-state index in [1.807, 2.05) is 35.0 Å². The number of benzene rings is 1. The number of piperidine rings is 1. The Labute approximate surface area is 142 Å². The maximum absolute atomic E-state index is 12.7. The van der Waals surface area contributed by atoms with Crippen LogP contribution in [0.4, 0.5) is 0 Å². The van der Waals surface area contributed by atoms with Crippen LogP contribution in [0.25, 0.3) is 5.69 Å². The molecule has 0 spiro atoms. The Morgan fingerprint density at radius 3 is 2.79 bits per heavy atom. The number of rotatable bonds is 5. The summed E-state index contributed by atoms with van der Waals surface area (Å²) in [7, 11) is 0. The van der Waals surface area contributed by atoms with E-state index in [1.54, 1.807) is 6.20 Å². The van der Waals surface area contributed by atoms with Gasteiger partial charge in [0.15, 0.2) is 0 Å². The van der Waals surface area contributed by atoms with Crippen LogP contribution in [0.15, 0.2) is 36.5 Å². The largest absolute Gasteiger partial charge is 0.352 e. The zero-order valence-corrected chi connectivity index (χ0v) is 13.9. The zero-order valence-electron chi connectivity index (χ0n) is 13.9. The van der Waals surface area contributed by atoms with Gasteiger partial charge in [0.1, 0.15) is 0 Å². The minimum Gasteiger partial charge on any atom is -0.352 e. The number of nitrogens with zero attached hydrogens (tertiary/aromatic N) is 2. The van der Waals surface area contributed by atoms with Gasteiger partial charge in [0.05, 0.1) is 23.1 Å². The zero-order chi connectivity index (χ0) is 16.4. The molecule has 1 amide bonds. The van der Waals surface area contributed by atoms with Gasteiger partial charge in [0.2, 0.25) is 0 Å². The van der Waals surface area contributed by atoms with E-state index in [9.17, 15) is 4.79 Å². The van der Waals surface area contributed by atoms with Gasteiger partial charge in [-0.25, -0.2) is 4.68 Å². The lowest BCUT2D eigenvalue weighted by molar-refractivity contribution is 0.0944. The first-order valence-electron chi connectivity index (χ1n) is 8.95. The highest BCUT2D eigenvalue weighted by atomic mass is 16.1. The molecule has 1 aliphatic heterocycles. The second-order valence-corrected chi connectivity index (χ2v) is 6.89. The smallest absolute Gasteiger partial charge is 0.254 e. The molecule has 1 saturated carbocycles. The Morgan fingerprint density at radius 2 is 2.08 bits per heavy atom. The lowest BCUT2D eigenvalue weighted by Crippen LogP contribution is -2.38. The number of para-hydroxylation sites is 1.